The predicted molar refractivity (Wildman–Crippen MR) is 46.6 cm³/mol. The topological polar surface area (TPSA) is 24.1 Å². The second kappa shape index (κ2) is 1.99. The summed E-state index contributed by atoms with van der Waals surface area (Å²) in [5.41, 5.74) is 0.798. The Bertz CT molecular complexity index is 157. The third-order valence-electron chi connectivity index (χ3n) is 3.33. The van der Waals surface area contributed by atoms with Gasteiger partial charge >= 0.3 is 0 Å². The first-order valence-corrected chi connectivity index (χ1v) is 4.52. The summed E-state index contributed by atoms with van der Waals surface area (Å²) in [7, 11) is 0. The van der Waals surface area contributed by atoms with Gasteiger partial charge in [0.15, 0.2) is 0 Å². The SMILES string of the molecule is CC(C)(C)C12CNCC(C1)N2. The quantitative estimate of drug-likeness (QED) is 0.537. The van der Waals surface area contributed by atoms with E-state index in [-0.39, 0.29) is 0 Å². The molecule has 0 aromatic rings. The molecule has 3 aliphatic heterocycles. The molecule has 0 aromatic carbocycles. The van der Waals surface area contributed by atoms with Crippen LogP contribution in [0.1, 0.15) is 27.2 Å². The van der Waals surface area contributed by atoms with Gasteiger partial charge in [0.1, 0.15) is 0 Å². The first-order chi connectivity index (χ1) is 5.04. The third-order valence-corrected chi connectivity index (χ3v) is 3.33. The Labute approximate surface area is 68.7 Å². The van der Waals surface area contributed by atoms with Crippen molar-refractivity contribution in [2.24, 2.45) is 5.41 Å². The monoisotopic (exact) mass is 154 g/mol. The van der Waals surface area contributed by atoms with Gasteiger partial charge in [0.2, 0.25) is 0 Å². The highest BCUT2D eigenvalue weighted by atomic mass is 15.2. The van der Waals surface area contributed by atoms with Gasteiger partial charge in [0.25, 0.3) is 0 Å². The van der Waals surface area contributed by atoms with Gasteiger partial charge in [-0.2, -0.15) is 0 Å². The molecule has 2 N–H and O–H groups in total. The van der Waals surface area contributed by atoms with Crippen molar-refractivity contribution in [2.45, 2.75) is 38.8 Å². The molecule has 11 heavy (non-hydrogen) atoms. The Kier molecular flexibility index (Phi) is 1.37. The first-order valence-electron chi connectivity index (χ1n) is 4.52. The smallest absolute Gasteiger partial charge is 0.0373 e. The lowest BCUT2D eigenvalue weighted by Gasteiger charge is -2.60. The summed E-state index contributed by atoms with van der Waals surface area (Å²) in [5.74, 6) is 0. The Balaban J connectivity index is 2.13. The van der Waals surface area contributed by atoms with Crippen LogP contribution in [0.3, 0.4) is 0 Å². The molecule has 0 spiro atoms. The fourth-order valence-corrected chi connectivity index (χ4v) is 2.28. The van der Waals surface area contributed by atoms with Crippen molar-refractivity contribution in [2.75, 3.05) is 13.1 Å². The van der Waals surface area contributed by atoms with Crippen LogP contribution in [0, 0.1) is 5.41 Å². The Hall–Kier alpha value is -0.0800. The first kappa shape index (κ1) is 7.56. The van der Waals surface area contributed by atoms with Crippen LogP contribution >= 0.6 is 0 Å². The summed E-state index contributed by atoms with van der Waals surface area (Å²) < 4.78 is 0. The van der Waals surface area contributed by atoms with Crippen LogP contribution in [-0.4, -0.2) is 24.7 Å². The van der Waals surface area contributed by atoms with Crippen LogP contribution in [-0.2, 0) is 0 Å². The minimum atomic E-state index is 0.399. The molecule has 3 rings (SSSR count). The molecule has 3 aliphatic rings. The normalized spacial score (nSPS) is 43.4. The summed E-state index contributed by atoms with van der Waals surface area (Å²) in [4.78, 5) is 0. The van der Waals surface area contributed by atoms with Gasteiger partial charge in [-0.15, -0.1) is 0 Å². The Morgan fingerprint density at radius 1 is 1.36 bits per heavy atom. The van der Waals surface area contributed by atoms with Gasteiger partial charge in [0.05, 0.1) is 0 Å². The lowest BCUT2D eigenvalue weighted by atomic mass is 9.63. The minimum Gasteiger partial charge on any atom is -0.313 e. The molecule has 3 saturated heterocycles. The summed E-state index contributed by atoms with van der Waals surface area (Å²) in [6.45, 7) is 9.28. The van der Waals surface area contributed by atoms with Crippen LogP contribution in [0.15, 0.2) is 0 Å². The maximum atomic E-state index is 3.67. The number of hydrogen-bond acceptors (Lipinski definition) is 2. The Morgan fingerprint density at radius 3 is 2.27 bits per heavy atom. The van der Waals surface area contributed by atoms with Crippen LogP contribution in [0.5, 0.6) is 0 Å². The maximum absolute atomic E-state index is 3.67. The van der Waals surface area contributed by atoms with Crippen molar-refractivity contribution >= 4 is 0 Å². The van der Waals surface area contributed by atoms with Crippen molar-refractivity contribution in [3.8, 4) is 0 Å². The van der Waals surface area contributed by atoms with E-state index < -0.39 is 0 Å². The summed E-state index contributed by atoms with van der Waals surface area (Å²) in [6, 6.07) is 0.753. The number of hydrogen-bond donors (Lipinski definition) is 2. The summed E-state index contributed by atoms with van der Waals surface area (Å²) in [5, 5.41) is 7.14. The summed E-state index contributed by atoms with van der Waals surface area (Å²) in [6.07, 6.45) is 1.36. The van der Waals surface area contributed by atoms with E-state index in [4.69, 9.17) is 0 Å². The average molecular weight is 154 g/mol. The molecule has 3 fully saturated rings. The zero-order valence-corrected chi connectivity index (χ0v) is 7.70. The van der Waals surface area contributed by atoms with Crippen LogP contribution in [0.2, 0.25) is 0 Å². The molecule has 2 unspecified atom stereocenters. The van der Waals surface area contributed by atoms with E-state index in [1.165, 1.54) is 6.42 Å². The van der Waals surface area contributed by atoms with E-state index in [9.17, 15) is 0 Å². The average Bonchev–Trinajstić information content (AvgIpc) is 1.85. The molecule has 2 atom stereocenters. The Morgan fingerprint density at radius 2 is 2.00 bits per heavy atom. The van der Waals surface area contributed by atoms with Gasteiger partial charge in [0, 0.05) is 24.7 Å². The fraction of sp³-hybridized carbons (Fsp3) is 1.00. The number of piperazine rings is 1. The zero-order valence-electron chi connectivity index (χ0n) is 7.70. The molecule has 0 aromatic heterocycles. The largest absolute Gasteiger partial charge is 0.313 e. The van der Waals surface area contributed by atoms with Crippen molar-refractivity contribution in [3.63, 3.8) is 0 Å². The summed E-state index contributed by atoms with van der Waals surface area (Å²) >= 11 is 0. The van der Waals surface area contributed by atoms with Crippen molar-refractivity contribution in [3.05, 3.63) is 0 Å². The molecular formula is C9H18N2. The fourth-order valence-electron chi connectivity index (χ4n) is 2.28. The minimum absolute atomic E-state index is 0.399. The highest BCUT2D eigenvalue weighted by Gasteiger charge is 2.53. The lowest BCUT2D eigenvalue weighted by molar-refractivity contribution is -0.00627. The molecule has 2 bridgehead atoms. The highest BCUT2D eigenvalue weighted by molar-refractivity contribution is 5.14. The van der Waals surface area contributed by atoms with E-state index in [2.05, 4.69) is 31.4 Å². The number of rotatable bonds is 0. The molecule has 2 heteroatoms. The maximum Gasteiger partial charge on any atom is 0.0373 e. The van der Waals surface area contributed by atoms with E-state index in [1.54, 1.807) is 0 Å². The second-order valence-electron chi connectivity index (χ2n) is 5.01. The molecule has 3 heterocycles. The van der Waals surface area contributed by atoms with Crippen LogP contribution in [0.4, 0.5) is 0 Å². The standard InChI is InChI=1S/C9H18N2/c1-8(2,3)9-4-7(11-9)5-10-6-9/h7,10-11H,4-6H2,1-3H3. The van der Waals surface area contributed by atoms with E-state index in [0.717, 1.165) is 19.1 Å². The molecular weight excluding hydrogens is 136 g/mol. The third kappa shape index (κ3) is 0.926. The molecule has 0 radical (unpaired) electrons. The highest BCUT2D eigenvalue weighted by Crippen LogP contribution is 2.41. The number of fused-ring (bicyclic) bond motifs is 2. The number of nitrogens with one attached hydrogen (secondary N) is 2. The zero-order chi connectivity index (χ0) is 8.11. The van der Waals surface area contributed by atoms with Crippen LogP contribution in [0.25, 0.3) is 0 Å². The van der Waals surface area contributed by atoms with Crippen molar-refractivity contribution in [1.82, 2.24) is 10.6 Å². The van der Waals surface area contributed by atoms with E-state index in [1.807, 2.05) is 0 Å². The van der Waals surface area contributed by atoms with Gasteiger partial charge < -0.3 is 10.6 Å². The van der Waals surface area contributed by atoms with Crippen molar-refractivity contribution < 1.29 is 0 Å². The van der Waals surface area contributed by atoms with E-state index in [0.29, 0.717) is 11.0 Å². The predicted octanol–water partition coefficient (Wildman–Crippen LogP) is 0.736. The molecule has 2 nitrogen and oxygen atoms in total. The van der Waals surface area contributed by atoms with Gasteiger partial charge in [-0.05, 0) is 11.8 Å². The van der Waals surface area contributed by atoms with Crippen molar-refractivity contribution in [1.29, 1.82) is 0 Å². The van der Waals surface area contributed by atoms with E-state index >= 15 is 0 Å². The van der Waals surface area contributed by atoms with Crippen LogP contribution < -0.4 is 10.6 Å². The van der Waals surface area contributed by atoms with Gasteiger partial charge in [-0.25, -0.2) is 0 Å². The molecule has 0 saturated carbocycles. The lowest BCUT2D eigenvalue weighted by Crippen LogP contribution is -2.79. The van der Waals surface area contributed by atoms with Gasteiger partial charge in [-0.3, -0.25) is 0 Å². The second-order valence-corrected chi connectivity index (χ2v) is 5.01. The molecule has 0 amide bonds. The molecule has 64 valence electrons. The molecule has 0 aliphatic carbocycles. The van der Waals surface area contributed by atoms with Gasteiger partial charge in [-0.1, -0.05) is 20.8 Å². The number of piperidine rings is 1.